The highest BCUT2D eigenvalue weighted by Gasteiger charge is 2.19. The largest absolute Gasteiger partial charge is 0.365 e. The van der Waals surface area contributed by atoms with Gasteiger partial charge in [0.15, 0.2) is 5.82 Å². The van der Waals surface area contributed by atoms with E-state index in [-0.39, 0.29) is 0 Å². The normalized spacial score (nSPS) is 15.6. The van der Waals surface area contributed by atoms with Crippen molar-refractivity contribution in [3.8, 4) is 6.07 Å². The van der Waals surface area contributed by atoms with Crippen LogP contribution >= 0.6 is 0 Å². The molecule has 4 nitrogen and oxygen atoms in total. The van der Waals surface area contributed by atoms with Gasteiger partial charge in [0.05, 0.1) is 5.69 Å². The summed E-state index contributed by atoms with van der Waals surface area (Å²) in [4.78, 5) is 0. The molecule has 1 aromatic heterocycles. The molecule has 96 valence electrons. The second kappa shape index (κ2) is 5.81. The Balaban J connectivity index is 2.32. The predicted octanol–water partition coefficient (Wildman–Crippen LogP) is 2.83. The van der Waals surface area contributed by atoms with E-state index >= 15 is 0 Å². The van der Waals surface area contributed by atoms with Gasteiger partial charge in [-0.25, -0.2) is 0 Å². The second-order valence-corrected chi connectivity index (χ2v) is 4.79. The zero-order valence-electron chi connectivity index (χ0n) is 11.2. The number of aryl methyl sites for hydroxylation is 1. The highest BCUT2D eigenvalue weighted by molar-refractivity contribution is 5.56. The van der Waals surface area contributed by atoms with Gasteiger partial charge in [-0.2, -0.15) is 10.4 Å². The summed E-state index contributed by atoms with van der Waals surface area (Å²) in [5.41, 5.74) is 2.69. The van der Waals surface area contributed by atoms with Crippen molar-refractivity contribution in [2.45, 2.75) is 58.4 Å². The monoisotopic (exact) mass is 244 g/mol. The minimum absolute atomic E-state index is 0.462. The molecule has 1 heterocycles. The van der Waals surface area contributed by atoms with E-state index in [0.29, 0.717) is 17.4 Å². The molecule has 0 saturated heterocycles. The zero-order chi connectivity index (χ0) is 13.0. The third-order valence-corrected chi connectivity index (χ3v) is 3.65. The number of hydrogen-bond acceptors (Lipinski definition) is 4. The Kier molecular flexibility index (Phi) is 4.14. The Morgan fingerprint density at radius 3 is 2.50 bits per heavy atom. The van der Waals surface area contributed by atoms with Gasteiger partial charge in [-0.05, 0) is 31.2 Å². The lowest BCUT2D eigenvalue weighted by Crippen LogP contribution is -2.18. The number of rotatable bonds is 4. The molecule has 1 N–H and O–H groups in total. The zero-order valence-corrected chi connectivity index (χ0v) is 11.2. The number of aromatic nitrogens is 2. The number of hydrogen-bond donors (Lipinski definition) is 1. The van der Waals surface area contributed by atoms with E-state index in [1.54, 1.807) is 0 Å². The minimum atomic E-state index is 0.462. The van der Waals surface area contributed by atoms with Crippen LogP contribution in [0.3, 0.4) is 0 Å². The molecule has 0 aromatic carbocycles. The maximum Gasteiger partial charge on any atom is 0.167 e. The van der Waals surface area contributed by atoms with Crippen molar-refractivity contribution in [3.63, 3.8) is 0 Å². The first-order valence-electron chi connectivity index (χ1n) is 6.85. The van der Waals surface area contributed by atoms with Crippen LogP contribution in [0.15, 0.2) is 0 Å². The van der Waals surface area contributed by atoms with Gasteiger partial charge in [0, 0.05) is 6.04 Å². The van der Waals surface area contributed by atoms with Gasteiger partial charge in [0.2, 0.25) is 0 Å². The van der Waals surface area contributed by atoms with Crippen LogP contribution in [-0.2, 0) is 12.8 Å². The summed E-state index contributed by atoms with van der Waals surface area (Å²) < 4.78 is 0. The molecule has 1 saturated carbocycles. The molecule has 0 spiro atoms. The van der Waals surface area contributed by atoms with Crippen molar-refractivity contribution in [2.24, 2.45) is 0 Å². The van der Waals surface area contributed by atoms with Crippen LogP contribution in [-0.4, -0.2) is 16.2 Å². The fourth-order valence-electron chi connectivity index (χ4n) is 2.66. The maximum absolute atomic E-state index is 9.37. The van der Waals surface area contributed by atoms with Crippen molar-refractivity contribution < 1.29 is 0 Å². The molecule has 0 aliphatic heterocycles. The highest BCUT2D eigenvalue weighted by Crippen LogP contribution is 2.25. The quantitative estimate of drug-likeness (QED) is 0.884. The van der Waals surface area contributed by atoms with Gasteiger partial charge in [-0.1, -0.05) is 26.7 Å². The average Bonchev–Trinajstić information content (AvgIpc) is 2.90. The molecule has 1 aliphatic carbocycles. The molecule has 0 atom stereocenters. The van der Waals surface area contributed by atoms with E-state index in [1.807, 2.05) is 6.92 Å². The summed E-state index contributed by atoms with van der Waals surface area (Å²) >= 11 is 0. The first-order chi connectivity index (χ1) is 8.80. The SMILES string of the molecule is CCc1nnc(NC2CCCC2)c(C#N)c1CC. The average molecular weight is 244 g/mol. The Labute approximate surface area is 108 Å². The van der Waals surface area contributed by atoms with E-state index in [1.165, 1.54) is 25.7 Å². The van der Waals surface area contributed by atoms with Crippen molar-refractivity contribution >= 4 is 5.82 Å². The van der Waals surface area contributed by atoms with Gasteiger partial charge in [-0.15, -0.1) is 5.10 Å². The third kappa shape index (κ3) is 2.45. The van der Waals surface area contributed by atoms with Crippen molar-refractivity contribution in [1.82, 2.24) is 10.2 Å². The first-order valence-corrected chi connectivity index (χ1v) is 6.85. The molecule has 0 amide bonds. The number of anilines is 1. The van der Waals surface area contributed by atoms with Gasteiger partial charge < -0.3 is 5.32 Å². The first kappa shape index (κ1) is 12.8. The van der Waals surface area contributed by atoms with Crippen LogP contribution < -0.4 is 5.32 Å². The summed E-state index contributed by atoms with van der Waals surface area (Å²) in [7, 11) is 0. The smallest absolute Gasteiger partial charge is 0.167 e. The van der Waals surface area contributed by atoms with Crippen LogP contribution in [0.5, 0.6) is 0 Å². The lowest BCUT2D eigenvalue weighted by molar-refractivity contribution is 0.741. The van der Waals surface area contributed by atoms with Gasteiger partial charge in [0.25, 0.3) is 0 Å². The molecule has 4 heteroatoms. The van der Waals surface area contributed by atoms with Crippen LogP contribution in [0.4, 0.5) is 5.82 Å². The van der Waals surface area contributed by atoms with Gasteiger partial charge in [-0.3, -0.25) is 0 Å². The Morgan fingerprint density at radius 2 is 1.94 bits per heavy atom. The summed E-state index contributed by atoms with van der Waals surface area (Å²) in [6.45, 7) is 4.12. The van der Waals surface area contributed by atoms with Crippen molar-refractivity contribution in [3.05, 3.63) is 16.8 Å². The molecule has 1 aliphatic rings. The fraction of sp³-hybridized carbons (Fsp3) is 0.643. The Hall–Kier alpha value is -1.63. The number of nitrogens with zero attached hydrogens (tertiary/aromatic N) is 3. The van der Waals surface area contributed by atoms with E-state index in [4.69, 9.17) is 0 Å². The molecule has 0 bridgehead atoms. The van der Waals surface area contributed by atoms with Crippen LogP contribution in [0.25, 0.3) is 0 Å². The van der Waals surface area contributed by atoms with Crippen molar-refractivity contribution in [2.75, 3.05) is 5.32 Å². The Bertz CT molecular complexity index is 456. The molecule has 1 fully saturated rings. The van der Waals surface area contributed by atoms with E-state index < -0.39 is 0 Å². The van der Waals surface area contributed by atoms with Gasteiger partial charge in [0.1, 0.15) is 11.6 Å². The minimum Gasteiger partial charge on any atom is -0.365 e. The van der Waals surface area contributed by atoms with Crippen LogP contribution in [0.2, 0.25) is 0 Å². The molecule has 0 radical (unpaired) electrons. The molecule has 0 unspecified atom stereocenters. The van der Waals surface area contributed by atoms with E-state index in [9.17, 15) is 5.26 Å². The van der Waals surface area contributed by atoms with E-state index in [0.717, 1.165) is 24.1 Å². The molecule has 1 aromatic rings. The lowest BCUT2D eigenvalue weighted by Gasteiger charge is -2.15. The number of nitrogens with one attached hydrogen (secondary N) is 1. The molecular formula is C14H20N4. The summed E-state index contributed by atoms with van der Waals surface area (Å²) in [6, 6.07) is 2.76. The second-order valence-electron chi connectivity index (χ2n) is 4.79. The number of nitriles is 1. The van der Waals surface area contributed by atoms with Crippen LogP contribution in [0.1, 0.15) is 56.4 Å². The lowest BCUT2D eigenvalue weighted by atomic mass is 10.0. The fourth-order valence-corrected chi connectivity index (χ4v) is 2.66. The summed E-state index contributed by atoms with van der Waals surface area (Å²) in [5, 5.41) is 21.2. The van der Waals surface area contributed by atoms with Crippen molar-refractivity contribution in [1.29, 1.82) is 5.26 Å². The maximum atomic E-state index is 9.37. The standard InChI is InChI=1S/C14H20N4/c1-3-11-12(9-15)14(18-17-13(11)4-2)16-10-7-5-6-8-10/h10H,3-8H2,1-2H3,(H,16,18). The summed E-state index contributed by atoms with van der Waals surface area (Å²) in [6.07, 6.45) is 6.53. The van der Waals surface area contributed by atoms with Gasteiger partial charge >= 0.3 is 0 Å². The summed E-state index contributed by atoms with van der Waals surface area (Å²) in [5.74, 6) is 0.679. The highest BCUT2D eigenvalue weighted by atomic mass is 15.2. The Morgan fingerprint density at radius 1 is 1.22 bits per heavy atom. The topological polar surface area (TPSA) is 61.6 Å². The van der Waals surface area contributed by atoms with E-state index in [2.05, 4.69) is 28.5 Å². The molecule has 2 rings (SSSR count). The van der Waals surface area contributed by atoms with Crippen LogP contribution in [0, 0.1) is 11.3 Å². The predicted molar refractivity (Wildman–Crippen MR) is 71.4 cm³/mol. The third-order valence-electron chi connectivity index (χ3n) is 3.65. The molecule has 18 heavy (non-hydrogen) atoms. The molecular weight excluding hydrogens is 224 g/mol.